The van der Waals surface area contributed by atoms with E-state index in [0.717, 1.165) is 9.87 Å². The molecule has 1 amide bonds. The van der Waals surface area contributed by atoms with Crippen molar-refractivity contribution >= 4 is 37.3 Å². The maximum atomic E-state index is 13.4. The maximum absolute atomic E-state index is 13.4. The molecule has 9 heteroatoms. The van der Waals surface area contributed by atoms with Crippen LogP contribution in [0.2, 0.25) is 0 Å². The van der Waals surface area contributed by atoms with Crippen LogP contribution >= 0.6 is 0 Å². The lowest BCUT2D eigenvalue weighted by Gasteiger charge is -2.24. The van der Waals surface area contributed by atoms with Crippen molar-refractivity contribution in [3.63, 3.8) is 0 Å². The summed E-state index contributed by atoms with van der Waals surface area (Å²) in [6.07, 6.45) is 0.581. The van der Waals surface area contributed by atoms with E-state index >= 15 is 0 Å². The largest absolute Gasteiger partial charge is 0.273 e. The highest BCUT2D eigenvalue weighted by molar-refractivity contribution is 7.94. The number of nitrogens with zero attached hydrogens (tertiary/aromatic N) is 2. The molecular formula is C19H20N2O5S2. The van der Waals surface area contributed by atoms with Gasteiger partial charge in [0.05, 0.1) is 22.0 Å². The van der Waals surface area contributed by atoms with Crippen LogP contribution in [0.15, 0.2) is 41.3 Å². The zero-order valence-electron chi connectivity index (χ0n) is 15.5. The van der Waals surface area contributed by atoms with Crippen LogP contribution in [0.25, 0.3) is 0 Å². The van der Waals surface area contributed by atoms with Gasteiger partial charge in [-0.1, -0.05) is 18.2 Å². The fourth-order valence-electron chi connectivity index (χ4n) is 3.99. The molecule has 1 saturated heterocycles. The van der Waals surface area contributed by atoms with Gasteiger partial charge in [0.25, 0.3) is 10.0 Å². The van der Waals surface area contributed by atoms with E-state index in [4.69, 9.17) is 0 Å². The molecule has 148 valence electrons. The second-order valence-corrected chi connectivity index (χ2v) is 10.8. The van der Waals surface area contributed by atoms with Crippen LogP contribution in [0.4, 0.5) is 11.4 Å². The van der Waals surface area contributed by atoms with Crippen LogP contribution in [0.1, 0.15) is 23.1 Å². The number of sulfonamides is 2. The first-order chi connectivity index (χ1) is 13.1. The molecule has 0 N–H and O–H groups in total. The summed E-state index contributed by atoms with van der Waals surface area (Å²) in [5.74, 6) is -0.725. The molecule has 2 aromatic carbocycles. The number of aryl methyl sites for hydroxylation is 2. The number of rotatable bonds is 3. The highest BCUT2D eigenvalue weighted by atomic mass is 32.2. The van der Waals surface area contributed by atoms with E-state index in [-0.39, 0.29) is 22.8 Å². The number of amides is 1. The number of carbonyl (C=O) groups excluding carboxylic acids is 1. The van der Waals surface area contributed by atoms with Gasteiger partial charge in [-0.2, -0.15) is 0 Å². The molecule has 0 unspecified atom stereocenters. The van der Waals surface area contributed by atoms with Crippen molar-refractivity contribution in [1.29, 1.82) is 0 Å². The zero-order chi connectivity index (χ0) is 20.3. The Hall–Kier alpha value is -2.39. The molecule has 0 saturated carbocycles. The van der Waals surface area contributed by atoms with Crippen LogP contribution in [0.5, 0.6) is 0 Å². The van der Waals surface area contributed by atoms with Crippen molar-refractivity contribution < 1.29 is 21.6 Å². The van der Waals surface area contributed by atoms with Crippen molar-refractivity contribution in [2.45, 2.75) is 31.6 Å². The third kappa shape index (κ3) is 2.80. The molecule has 0 aliphatic carbocycles. The fraction of sp³-hybridized carbons (Fsp3) is 0.316. The average molecular weight is 421 g/mol. The van der Waals surface area contributed by atoms with Gasteiger partial charge in [-0.05, 0) is 55.2 Å². The van der Waals surface area contributed by atoms with Crippen LogP contribution in [0, 0.1) is 13.8 Å². The molecule has 7 nitrogen and oxygen atoms in total. The van der Waals surface area contributed by atoms with Gasteiger partial charge in [0.15, 0.2) is 0 Å². The van der Waals surface area contributed by atoms with Crippen molar-refractivity contribution in [3.8, 4) is 0 Å². The summed E-state index contributed by atoms with van der Waals surface area (Å²) >= 11 is 0. The summed E-state index contributed by atoms with van der Waals surface area (Å²) in [4.78, 5) is 12.2. The normalized spacial score (nSPS) is 18.6. The van der Waals surface area contributed by atoms with Gasteiger partial charge in [-0.15, -0.1) is 0 Å². The summed E-state index contributed by atoms with van der Waals surface area (Å²) < 4.78 is 53.4. The van der Waals surface area contributed by atoms with E-state index < -0.39 is 26.0 Å². The predicted octanol–water partition coefficient (Wildman–Crippen LogP) is 2.12. The lowest BCUT2D eigenvalue weighted by atomic mass is 10.1. The lowest BCUT2D eigenvalue weighted by molar-refractivity contribution is -0.116. The van der Waals surface area contributed by atoms with Gasteiger partial charge in [0.2, 0.25) is 15.9 Å². The second kappa shape index (κ2) is 6.31. The van der Waals surface area contributed by atoms with Crippen molar-refractivity contribution in [1.82, 2.24) is 0 Å². The minimum atomic E-state index is -3.82. The lowest BCUT2D eigenvalue weighted by Crippen LogP contribution is -2.31. The smallest absolute Gasteiger partial charge is 0.264 e. The number of hydrogen-bond acceptors (Lipinski definition) is 5. The predicted molar refractivity (Wildman–Crippen MR) is 106 cm³/mol. The van der Waals surface area contributed by atoms with E-state index in [2.05, 4.69) is 0 Å². The Morgan fingerprint density at radius 3 is 2.25 bits per heavy atom. The molecule has 0 atom stereocenters. The van der Waals surface area contributed by atoms with Gasteiger partial charge in [-0.25, -0.2) is 21.1 Å². The Morgan fingerprint density at radius 1 is 1.00 bits per heavy atom. The quantitative estimate of drug-likeness (QED) is 0.758. The topological polar surface area (TPSA) is 91.8 Å². The number of para-hydroxylation sites is 1. The molecule has 2 aliphatic heterocycles. The van der Waals surface area contributed by atoms with Crippen LogP contribution in [0.3, 0.4) is 0 Å². The molecule has 1 fully saturated rings. The molecule has 0 aromatic heterocycles. The van der Waals surface area contributed by atoms with Crippen molar-refractivity contribution in [3.05, 3.63) is 53.1 Å². The van der Waals surface area contributed by atoms with Gasteiger partial charge >= 0.3 is 0 Å². The fourth-order valence-corrected chi connectivity index (χ4v) is 7.35. The first-order valence-electron chi connectivity index (χ1n) is 8.90. The molecule has 4 rings (SSSR count). The van der Waals surface area contributed by atoms with Crippen LogP contribution in [-0.2, 0) is 31.3 Å². The van der Waals surface area contributed by atoms with E-state index in [1.807, 2.05) is 12.1 Å². The SMILES string of the molecule is Cc1cc(N2C(=O)CCS2(=O)=O)cc(C)c1S(=O)(=O)N1CCc2ccccc21. The van der Waals surface area contributed by atoms with Crippen LogP contribution in [-0.4, -0.2) is 35.0 Å². The van der Waals surface area contributed by atoms with Gasteiger partial charge in [-0.3, -0.25) is 9.10 Å². The Kier molecular flexibility index (Phi) is 4.27. The monoisotopic (exact) mass is 420 g/mol. The molecule has 0 bridgehead atoms. The highest BCUT2D eigenvalue weighted by Gasteiger charge is 2.38. The molecule has 28 heavy (non-hydrogen) atoms. The average Bonchev–Trinajstić information content (AvgIpc) is 3.15. The third-order valence-electron chi connectivity index (χ3n) is 5.15. The standard InChI is InChI=1S/C19H20N2O5S2/c1-13-11-16(21-18(22)8-10-27(21,23)24)12-14(2)19(13)28(25,26)20-9-7-15-5-3-4-6-17(15)20/h3-6,11-12H,7-10H2,1-2H3. The summed E-state index contributed by atoms with van der Waals surface area (Å²) in [5, 5.41) is 0. The molecule has 2 aliphatic rings. The van der Waals surface area contributed by atoms with Crippen LogP contribution < -0.4 is 8.61 Å². The molecule has 2 aromatic rings. The highest BCUT2D eigenvalue weighted by Crippen LogP contribution is 2.37. The van der Waals surface area contributed by atoms with Crippen molar-refractivity contribution in [2.24, 2.45) is 0 Å². The molecule has 0 radical (unpaired) electrons. The first kappa shape index (κ1) is 18.9. The molecular weight excluding hydrogens is 400 g/mol. The maximum Gasteiger partial charge on any atom is 0.264 e. The first-order valence-corrected chi connectivity index (χ1v) is 12.0. The zero-order valence-corrected chi connectivity index (χ0v) is 17.2. The molecule has 2 heterocycles. The summed E-state index contributed by atoms with van der Waals surface area (Å²) in [6, 6.07) is 10.3. The van der Waals surface area contributed by atoms with E-state index in [9.17, 15) is 21.6 Å². The minimum Gasteiger partial charge on any atom is -0.273 e. The van der Waals surface area contributed by atoms with Crippen molar-refractivity contribution in [2.75, 3.05) is 20.9 Å². The Labute approximate surface area is 164 Å². The van der Waals surface area contributed by atoms with E-state index in [1.165, 1.54) is 16.4 Å². The third-order valence-corrected chi connectivity index (χ3v) is 8.96. The minimum absolute atomic E-state index is 0.0644. The number of fused-ring (bicyclic) bond motifs is 1. The van der Waals surface area contributed by atoms with E-state index in [1.54, 1.807) is 26.0 Å². The van der Waals surface area contributed by atoms with Gasteiger partial charge < -0.3 is 0 Å². The van der Waals surface area contributed by atoms with Gasteiger partial charge in [0.1, 0.15) is 0 Å². The Balaban J connectivity index is 1.81. The molecule has 0 spiro atoms. The number of hydrogen-bond donors (Lipinski definition) is 0. The number of carbonyl (C=O) groups is 1. The van der Waals surface area contributed by atoms with E-state index in [0.29, 0.717) is 29.8 Å². The summed E-state index contributed by atoms with van der Waals surface area (Å²) in [5.41, 5.74) is 2.66. The summed E-state index contributed by atoms with van der Waals surface area (Å²) in [7, 11) is -7.52. The Bertz CT molecular complexity index is 1180. The number of anilines is 2. The Morgan fingerprint density at radius 2 is 1.64 bits per heavy atom. The summed E-state index contributed by atoms with van der Waals surface area (Å²) in [6.45, 7) is 3.61. The number of benzene rings is 2. The second-order valence-electron chi connectivity index (χ2n) is 7.09. The van der Waals surface area contributed by atoms with Gasteiger partial charge in [0, 0.05) is 13.0 Å².